The molecule has 6 nitrogen and oxygen atoms in total. The van der Waals surface area contributed by atoms with Gasteiger partial charge >= 0.3 is 0 Å². The topological polar surface area (TPSA) is 81.8 Å². The molecule has 0 bridgehead atoms. The van der Waals surface area contributed by atoms with Gasteiger partial charge in [0.1, 0.15) is 17.5 Å². The number of piperidine rings is 1. The van der Waals surface area contributed by atoms with E-state index in [0.29, 0.717) is 12.8 Å². The Bertz CT molecular complexity index is 1250. The third kappa shape index (κ3) is 3.44. The Kier molecular flexibility index (Phi) is 5.51. The molecule has 3 aromatic carbocycles. The number of anilines is 1. The number of carbonyl (C=O) groups excluding carboxylic acids is 1. The van der Waals surface area contributed by atoms with E-state index in [0.717, 1.165) is 25.2 Å². The number of hydrogen-bond acceptors (Lipinski definition) is 5. The van der Waals surface area contributed by atoms with Crippen LogP contribution in [0, 0.1) is 5.82 Å². The molecule has 2 unspecified atom stereocenters. The van der Waals surface area contributed by atoms with Gasteiger partial charge in [-0.05, 0) is 78.5 Å². The third-order valence-corrected chi connectivity index (χ3v) is 8.14. The number of aliphatic hydroxyl groups is 1. The average Bonchev–Trinajstić information content (AvgIpc) is 3.36. The van der Waals surface area contributed by atoms with Gasteiger partial charge in [-0.15, -0.1) is 0 Å². The Balaban J connectivity index is 1.54. The van der Waals surface area contributed by atoms with Crippen LogP contribution < -0.4 is 16.0 Å². The van der Waals surface area contributed by atoms with Gasteiger partial charge < -0.3 is 26.0 Å². The summed E-state index contributed by atoms with van der Waals surface area (Å²) >= 11 is 0. The Morgan fingerprint density at radius 3 is 2.51 bits per heavy atom. The fourth-order valence-electron chi connectivity index (χ4n) is 6.61. The molecular formula is C28H31FN4O2. The van der Waals surface area contributed by atoms with Crippen LogP contribution in [-0.2, 0) is 11.2 Å². The first kappa shape index (κ1) is 22.5. The number of rotatable bonds is 5. The normalized spacial score (nSPS) is 24.0. The van der Waals surface area contributed by atoms with Crippen molar-refractivity contribution in [2.45, 2.75) is 43.0 Å². The van der Waals surface area contributed by atoms with Gasteiger partial charge in [0.2, 0.25) is 5.91 Å². The minimum absolute atomic E-state index is 0.0179. The molecule has 1 amide bonds. The number of nitrogens with two attached hydrogens (primary N) is 1. The van der Waals surface area contributed by atoms with E-state index in [1.165, 1.54) is 34.0 Å². The van der Waals surface area contributed by atoms with Crippen molar-refractivity contribution < 1.29 is 14.3 Å². The second kappa shape index (κ2) is 8.59. The highest BCUT2D eigenvalue weighted by Crippen LogP contribution is 2.50. The number of nitrogens with zero attached hydrogens (tertiary/aromatic N) is 2. The first-order valence-corrected chi connectivity index (χ1v) is 12.5. The zero-order chi connectivity index (χ0) is 24.2. The van der Waals surface area contributed by atoms with Gasteiger partial charge in [-0.25, -0.2) is 4.39 Å². The summed E-state index contributed by atoms with van der Waals surface area (Å²) in [6.07, 6.45) is 0.978. The summed E-state index contributed by atoms with van der Waals surface area (Å²) in [5.74, 6) is -0.253. The molecule has 1 spiro atoms. The van der Waals surface area contributed by atoms with Crippen LogP contribution in [0.15, 0.2) is 60.7 Å². The Labute approximate surface area is 204 Å². The van der Waals surface area contributed by atoms with E-state index in [-0.39, 0.29) is 36.9 Å². The minimum atomic E-state index is -0.812. The zero-order valence-electron chi connectivity index (χ0n) is 19.7. The predicted molar refractivity (Wildman–Crippen MR) is 135 cm³/mol. The lowest BCUT2D eigenvalue weighted by molar-refractivity contribution is -0.135. The molecule has 7 heteroatoms. The quantitative estimate of drug-likeness (QED) is 0.530. The highest BCUT2D eigenvalue weighted by atomic mass is 19.1. The van der Waals surface area contributed by atoms with E-state index in [2.05, 4.69) is 46.6 Å². The van der Waals surface area contributed by atoms with Crippen molar-refractivity contribution in [3.63, 3.8) is 0 Å². The summed E-state index contributed by atoms with van der Waals surface area (Å²) in [7, 11) is 0. The average molecular weight is 475 g/mol. The number of amides is 1. The lowest BCUT2D eigenvalue weighted by Crippen LogP contribution is -2.57. The number of aliphatic hydroxyl groups excluding tert-OH is 1. The van der Waals surface area contributed by atoms with Gasteiger partial charge in [0.15, 0.2) is 0 Å². The maximum atomic E-state index is 14.3. The van der Waals surface area contributed by atoms with Crippen molar-refractivity contribution in [1.82, 2.24) is 10.2 Å². The lowest BCUT2D eigenvalue weighted by Gasteiger charge is -2.44. The van der Waals surface area contributed by atoms with Crippen LogP contribution in [0.4, 0.5) is 10.1 Å². The smallest absolute Gasteiger partial charge is 0.250 e. The summed E-state index contributed by atoms with van der Waals surface area (Å²) < 4.78 is 14.0. The monoisotopic (exact) mass is 474 g/mol. The zero-order valence-corrected chi connectivity index (χ0v) is 19.7. The summed E-state index contributed by atoms with van der Waals surface area (Å²) in [5, 5.41) is 16.5. The molecule has 6 rings (SSSR count). The highest BCUT2D eigenvalue weighted by Gasteiger charge is 2.60. The summed E-state index contributed by atoms with van der Waals surface area (Å²) in [6.45, 7) is 1.71. The number of carbonyl (C=O) groups is 1. The van der Waals surface area contributed by atoms with Crippen LogP contribution in [-0.4, -0.2) is 59.9 Å². The molecule has 3 aliphatic rings. The molecule has 2 heterocycles. The van der Waals surface area contributed by atoms with Gasteiger partial charge in [-0.1, -0.05) is 36.4 Å². The second-order valence-corrected chi connectivity index (χ2v) is 10.1. The van der Waals surface area contributed by atoms with Crippen molar-refractivity contribution in [3.05, 3.63) is 77.6 Å². The van der Waals surface area contributed by atoms with E-state index in [1.54, 1.807) is 12.1 Å². The van der Waals surface area contributed by atoms with Crippen LogP contribution >= 0.6 is 0 Å². The number of benzene rings is 3. The van der Waals surface area contributed by atoms with Gasteiger partial charge in [-0.3, -0.25) is 4.79 Å². The molecule has 0 aromatic heterocycles. The highest BCUT2D eigenvalue weighted by molar-refractivity contribution is 5.96. The minimum Gasteiger partial charge on any atom is -0.390 e. The molecule has 0 saturated carbocycles. The lowest BCUT2D eigenvalue weighted by atomic mass is 9.85. The van der Waals surface area contributed by atoms with Crippen molar-refractivity contribution in [2.24, 2.45) is 5.73 Å². The van der Waals surface area contributed by atoms with Gasteiger partial charge in [0.05, 0.1) is 6.10 Å². The van der Waals surface area contributed by atoms with E-state index < -0.39 is 11.6 Å². The molecule has 3 atom stereocenters. The second-order valence-electron chi connectivity index (χ2n) is 10.1. The van der Waals surface area contributed by atoms with Gasteiger partial charge in [-0.2, -0.15) is 0 Å². The van der Waals surface area contributed by atoms with Crippen LogP contribution in [0.1, 0.15) is 29.9 Å². The largest absolute Gasteiger partial charge is 0.390 e. The van der Waals surface area contributed by atoms with Crippen LogP contribution in [0.2, 0.25) is 0 Å². The fraction of sp³-hybridized carbons (Fsp3) is 0.393. The Hall–Kier alpha value is -3.00. The third-order valence-electron chi connectivity index (χ3n) is 8.14. The standard InChI is InChI=1S/C28H31FN4O2/c29-20-7-9-21(10-8-20)33-26(24-15-19-5-1-3-18-4-2-6-23(24)25(18)19)32(17-22(34)16-30)27(35)28(33)11-13-31-14-12-28/h1-10,22,24,26,31,34H,11-17,30H2/t22-,24?,26?/m1/s1. The molecule has 4 N–H and O–H groups in total. The molecule has 2 aliphatic heterocycles. The molecule has 35 heavy (non-hydrogen) atoms. The molecule has 1 aliphatic carbocycles. The van der Waals surface area contributed by atoms with Gasteiger partial charge in [0, 0.05) is 24.7 Å². The first-order chi connectivity index (χ1) is 17.0. The fourth-order valence-corrected chi connectivity index (χ4v) is 6.61. The van der Waals surface area contributed by atoms with Crippen molar-refractivity contribution >= 4 is 22.4 Å². The molecule has 2 saturated heterocycles. The van der Waals surface area contributed by atoms with E-state index in [4.69, 9.17) is 5.73 Å². The molecular weight excluding hydrogens is 443 g/mol. The maximum absolute atomic E-state index is 14.3. The molecule has 2 fully saturated rings. The number of hydrogen-bond donors (Lipinski definition) is 3. The predicted octanol–water partition coefficient (Wildman–Crippen LogP) is 2.74. The molecule has 3 aromatic rings. The number of β-amino-alcohol motifs (C(OH)–C–C–N with tert-alkyl or cyclic N) is 1. The van der Waals surface area contributed by atoms with E-state index >= 15 is 0 Å². The molecule has 182 valence electrons. The summed E-state index contributed by atoms with van der Waals surface area (Å²) in [6, 6.07) is 19.3. The van der Waals surface area contributed by atoms with Crippen LogP contribution in [0.25, 0.3) is 10.8 Å². The Morgan fingerprint density at radius 2 is 1.80 bits per heavy atom. The number of nitrogens with one attached hydrogen (secondary N) is 1. The van der Waals surface area contributed by atoms with Crippen molar-refractivity contribution in [2.75, 3.05) is 31.1 Å². The number of halogens is 1. The van der Waals surface area contributed by atoms with Crippen LogP contribution in [0.5, 0.6) is 0 Å². The summed E-state index contributed by atoms with van der Waals surface area (Å²) in [4.78, 5) is 18.4. The van der Waals surface area contributed by atoms with E-state index in [9.17, 15) is 14.3 Å². The first-order valence-electron chi connectivity index (χ1n) is 12.5. The van der Waals surface area contributed by atoms with E-state index in [1.807, 2.05) is 4.90 Å². The van der Waals surface area contributed by atoms with Crippen molar-refractivity contribution in [1.29, 1.82) is 0 Å². The maximum Gasteiger partial charge on any atom is 0.250 e. The van der Waals surface area contributed by atoms with Crippen molar-refractivity contribution in [3.8, 4) is 0 Å². The van der Waals surface area contributed by atoms with Crippen LogP contribution in [0.3, 0.4) is 0 Å². The molecule has 0 radical (unpaired) electrons. The SMILES string of the molecule is NC[C@@H](O)CN1C(=O)C2(CCNCC2)N(c2ccc(F)cc2)C1C1Cc2cccc3cccc1c23. The van der Waals surface area contributed by atoms with Gasteiger partial charge in [0.25, 0.3) is 0 Å². The summed E-state index contributed by atoms with van der Waals surface area (Å²) in [5.41, 5.74) is 8.39. The Morgan fingerprint density at radius 1 is 1.09 bits per heavy atom.